The van der Waals surface area contributed by atoms with Crippen molar-refractivity contribution in [2.45, 2.75) is 6.92 Å². The summed E-state index contributed by atoms with van der Waals surface area (Å²) in [4.78, 5) is 0. The Balaban J connectivity index is 3.76. The van der Waals surface area contributed by atoms with E-state index in [-0.39, 0.29) is 0 Å². The van der Waals surface area contributed by atoms with Crippen LogP contribution in [0.2, 0.25) is 0 Å². The second-order valence-electron chi connectivity index (χ2n) is 3.40. The first-order chi connectivity index (χ1) is 5.02. The third-order valence-electron chi connectivity index (χ3n) is 1.74. The van der Waals surface area contributed by atoms with Crippen molar-refractivity contribution in [2.75, 3.05) is 45.4 Å². The predicted octanol–water partition coefficient (Wildman–Crippen LogP) is 1.14. The molecule has 0 heterocycles. The van der Waals surface area contributed by atoms with Crippen LogP contribution in [0.25, 0.3) is 0 Å². The number of likely N-dealkylation sites (N-methyl/N-ethyl adjacent to an activating group) is 2. The van der Waals surface area contributed by atoms with E-state index in [2.05, 4.69) is 35.3 Å². The molecule has 0 unspecified atom stereocenters. The van der Waals surface area contributed by atoms with E-state index in [1.165, 1.54) is 13.1 Å². The molecule has 0 atom stereocenters. The molecule has 0 fully saturated rings. The van der Waals surface area contributed by atoms with Crippen molar-refractivity contribution in [3.63, 3.8) is 0 Å². The highest BCUT2D eigenvalue weighted by atomic mass is 32.3. The van der Waals surface area contributed by atoms with Crippen LogP contribution in [-0.2, 0) is 0 Å². The molecule has 0 aliphatic heterocycles. The predicted molar refractivity (Wildman–Crippen MR) is 56.5 cm³/mol. The second kappa shape index (κ2) is 5.01. The van der Waals surface area contributed by atoms with E-state index in [9.17, 15) is 0 Å². The summed E-state index contributed by atoms with van der Waals surface area (Å²) in [5, 5.41) is 3.18. The zero-order valence-electron chi connectivity index (χ0n) is 8.48. The third-order valence-corrected chi connectivity index (χ3v) is 3.73. The monoisotopic (exact) mass is 178 g/mol. The van der Waals surface area contributed by atoms with Gasteiger partial charge in [0, 0.05) is 19.6 Å². The Morgan fingerprint density at radius 1 is 1.27 bits per heavy atom. The van der Waals surface area contributed by atoms with Crippen molar-refractivity contribution in [1.29, 1.82) is 0 Å². The number of hydrogen-bond donors (Lipinski definition) is 1. The maximum Gasteiger partial charge on any atom is 0.0199 e. The van der Waals surface area contributed by atoms with Gasteiger partial charge in [-0.1, -0.05) is 6.92 Å². The van der Waals surface area contributed by atoms with Gasteiger partial charge in [0.25, 0.3) is 0 Å². The van der Waals surface area contributed by atoms with E-state index < -0.39 is 10.2 Å². The smallest absolute Gasteiger partial charge is 0.0199 e. The second-order valence-corrected chi connectivity index (χ2v) is 7.46. The zero-order valence-corrected chi connectivity index (χ0v) is 9.29. The lowest BCUT2D eigenvalue weighted by Gasteiger charge is -2.39. The fourth-order valence-electron chi connectivity index (χ4n) is 1.06. The number of nitrogens with one attached hydrogen (secondary N) is 1. The van der Waals surface area contributed by atoms with Gasteiger partial charge >= 0.3 is 0 Å². The minimum Gasteiger partial charge on any atom is -0.318 e. The average Bonchev–Trinajstić information content (AvgIpc) is 1.87. The minimum absolute atomic E-state index is 0.494. The first-order valence-corrected chi connectivity index (χ1v) is 6.92. The molecular formula is C8H22N2S. The Kier molecular flexibility index (Phi) is 5.13. The number of nitrogens with zero attached hydrogens (tertiary/aromatic N) is 1. The van der Waals surface area contributed by atoms with Crippen LogP contribution in [0.5, 0.6) is 0 Å². The fraction of sp³-hybridized carbons (Fsp3) is 1.00. The van der Waals surface area contributed by atoms with Crippen LogP contribution in [0.4, 0.5) is 0 Å². The Hall–Kier alpha value is 0.270. The van der Waals surface area contributed by atoms with Crippen LogP contribution >= 0.6 is 10.2 Å². The lowest BCUT2D eigenvalue weighted by molar-refractivity contribution is 0.480. The van der Waals surface area contributed by atoms with Crippen molar-refractivity contribution >= 4 is 10.2 Å². The van der Waals surface area contributed by atoms with Crippen LogP contribution in [-0.4, -0.2) is 49.8 Å². The topological polar surface area (TPSA) is 15.3 Å². The molecule has 0 aromatic heterocycles. The van der Waals surface area contributed by atoms with E-state index in [1.807, 2.05) is 7.05 Å². The fourth-order valence-corrected chi connectivity index (χ4v) is 2.47. The molecule has 3 heteroatoms. The summed E-state index contributed by atoms with van der Waals surface area (Å²) in [7, 11) is 1.51. The van der Waals surface area contributed by atoms with Crippen molar-refractivity contribution in [3.05, 3.63) is 0 Å². The molecule has 0 rings (SSSR count). The van der Waals surface area contributed by atoms with Gasteiger partial charge in [-0.3, -0.25) is 4.31 Å². The van der Waals surface area contributed by atoms with Crippen LogP contribution < -0.4 is 5.32 Å². The molecular weight excluding hydrogens is 156 g/mol. The first kappa shape index (κ1) is 11.3. The van der Waals surface area contributed by atoms with Crippen molar-refractivity contribution in [2.24, 2.45) is 0 Å². The SMILES string of the molecule is CCN(CCNC)S(C)(C)C. The Morgan fingerprint density at radius 3 is 2.09 bits per heavy atom. The van der Waals surface area contributed by atoms with Gasteiger partial charge in [0.2, 0.25) is 0 Å². The molecule has 0 aromatic rings. The van der Waals surface area contributed by atoms with Crippen molar-refractivity contribution < 1.29 is 0 Å². The summed E-state index contributed by atoms with van der Waals surface area (Å²) in [5.74, 6) is 0. The summed E-state index contributed by atoms with van der Waals surface area (Å²) in [6.07, 6.45) is 7.02. The van der Waals surface area contributed by atoms with Crippen LogP contribution in [0.15, 0.2) is 0 Å². The van der Waals surface area contributed by atoms with Crippen LogP contribution in [0.1, 0.15) is 6.92 Å². The Morgan fingerprint density at radius 2 is 1.82 bits per heavy atom. The molecule has 70 valence electrons. The van der Waals surface area contributed by atoms with Gasteiger partial charge in [-0.25, -0.2) is 0 Å². The molecule has 0 bridgehead atoms. The lowest BCUT2D eigenvalue weighted by atomic mass is 10.6. The zero-order chi connectivity index (χ0) is 8.91. The molecule has 0 amide bonds. The first-order valence-electron chi connectivity index (χ1n) is 4.10. The van der Waals surface area contributed by atoms with Gasteiger partial charge in [0.05, 0.1) is 0 Å². The van der Waals surface area contributed by atoms with Gasteiger partial charge < -0.3 is 5.32 Å². The van der Waals surface area contributed by atoms with Crippen molar-refractivity contribution in [1.82, 2.24) is 9.62 Å². The third kappa shape index (κ3) is 4.67. The summed E-state index contributed by atoms with van der Waals surface area (Å²) in [5.41, 5.74) is 0. The van der Waals surface area contributed by atoms with Gasteiger partial charge in [-0.2, -0.15) is 10.2 Å². The summed E-state index contributed by atoms with van der Waals surface area (Å²) in [6.45, 7) is 5.67. The van der Waals surface area contributed by atoms with Gasteiger partial charge in [0.1, 0.15) is 0 Å². The highest BCUT2D eigenvalue weighted by Gasteiger charge is 2.12. The lowest BCUT2D eigenvalue weighted by Crippen LogP contribution is -2.32. The standard InChI is InChI=1S/C8H22N2S/c1-6-10(8-7-9-2)11(3,4)5/h9H,6-8H2,1-5H3. The molecule has 0 spiro atoms. The molecule has 11 heavy (non-hydrogen) atoms. The van der Waals surface area contributed by atoms with Crippen LogP contribution in [0, 0.1) is 0 Å². The molecule has 0 saturated carbocycles. The Bertz CT molecular complexity index is 98.8. The molecule has 0 aliphatic carbocycles. The van der Waals surface area contributed by atoms with Gasteiger partial charge in [-0.15, -0.1) is 0 Å². The molecule has 0 radical (unpaired) electrons. The van der Waals surface area contributed by atoms with Crippen LogP contribution in [0.3, 0.4) is 0 Å². The summed E-state index contributed by atoms with van der Waals surface area (Å²) >= 11 is 0. The largest absolute Gasteiger partial charge is 0.318 e. The van der Waals surface area contributed by atoms with E-state index in [1.54, 1.807) is 0 Å². The number of rotatable bonds is 5. The molecule has 2 nitrogen and oxygen atoms in total. The van der Waals surface area contributed by atoms with Gasteiger partial charge in [-0.05, 0) is 25.8 Å². The highest BCUT2D eigenvalue weighted by Crippen LogP contribution is 2.38. The maximum absolute atomic E-state index is 3.18. The molecule has 0 aromatic carbocycles. The summed E-state index contributed by atoms with van der Waals surface area (Å²) in [6, 6.07) is 0. The number of hydrogen-bond acceptors (Lipinski definition) is 2. The maximum atomic E-state index is 3.18. The minimum atomic E-state index is -0.494. The average molecular weight is 178 g/mol. The Labute approximate surface area is 72.8 Å². The molecule has 0 aliphatic rings. The van der Waals surface area contributed by atoms with Gasteiger partial charge in [0.15, 0.2) is 0 Å². The quantitative estimate of drug-likeness (QED) is 0.679. The van der Waals surface area contributed by atoms with E-state index in [0.29, 0.717) is 0 Å². The normalized spacial score (nSPS) is 14.0. The molecule has 1 N–H and O–H groups in total. The summed E-state index contributed by atoms with van der Waals surface area (Å²) < 4.78 is 2.55. The highest BCUT2D eigenvalue weighted by molar-refractivity contribution is 8.30. The van der Waals surface area contributed by atoms with Crippen molar-refractivity contribution in [3.8, 4) is 0 Å². The molecule has 0 saturated heterocycles. The van der Waals surface area contributed by atoms with E-state index >= 15 is 0 Å². The van der Waals surface area contributed by atoms with E-state index in [4.69, 9.17) is 0 Å². The van der Waals surface area contributed by atoms with E-state index in [0.717, 1.165) is 6.54 Å².